The first-order valence-corrected chi connectivity index (χ1v) is 5.88. The van der Waals surface area contributed by atoms with E-state index in [1.165, 1.54) is 0 Å². The van der Waals surface area contributed by atoms with E-state index in [1.807, 2.05) is 6.08 Å². The summed E-state index contributed by atoms with van der Waals surface area (Å²) in [5.41, 5.74) is 6.72. The van der Waals surface area contributed by atoms with Crippen molar-refractivity contribution in [3.05, 3.63) is 18.4 Å². The molecule has 0 aliphatic rings. The maximum atomic E-state index is 3.56. The predicted octanol–water partition coefficient (Wildman–Crippen LogP) is 3.03. The Hall–Kier alpha value is -0.393. The van der Waals surface area contributed by atoms with Gasteiger partial charge in [0.05, 0.1) is 0 Å². The average Bonchev–Trinajstić information content (AvgIpc) is 1.87. The Balaban J connectivity index is 4.45. The Morgan fingerprint density at radius 2 is 1.64 bits per heavy atom. The van der Waals surface area contributed by atoms with E-state index in [9.17, 15) is 0 Å². The molecule has 0 unspecified atom stereocenters. The van der Waals surface area contributed by atoms with Crippen LogP contribution in [0.15, 0.2) is 18.4 Å². The molecule has 0 nitrogen and oxygen atoms in total. The summed E-state index contributed by atoms with van der Waals surface area (Å²) in [5, 5.41) is 0. The Labute approximate surface area is 71.9 Å². The van der Waals surface area contributed by atoms with Gasteiger partial charge in [-0.3, -0.25) is 0 Å². The van der Waals surface area contributed by atoms with Gasteiger partial charge in [-0.25, -0.2) is 0 Å². The fourth-order valence-electron chi connectivity index (χ4n) is 1.21. The molecule has 0 saturated carbocycles. The summed E-state index contributed by atoms with van der Waals surface area (Å²) in [5.74, 6) is 0. The molecule has 0 atom stereocenters. The van der Waals surface area contributed by atoms with E-state index >= 15 is 0 Å². The third-order valence-electron chi connectivity index (χ3n) is 1.73. The van der Waals surface area contributed by atoms with Gasteiger partial charge in [0.25, 0.3) is 0 Å². The minimum atomic E-state index is -0.324. The second-order valence-electron chi connectivity index (χ2n) is 3.35. The highest BCUT2D eigenvalue weighted by molar-refractivity contribution is 6.69. The van der Waals surface area contributed by atoms with Gasteiger partial charge in [0, 0.05) is 8.41 Å². The van der Waals surface area contributed by atoms with E-state index in [0.29, 0.717) is 0 Å². The van der Waals surface area contributed by atoms with Gasteiger partial charge < -0.3 is 0 Å². The normalized spacial score (nSPS) is 9.64. The molecule has 0 aromatic rings. The van der Waals surface area contributed by atoms with Crippen LogP contribution < -0.4 is 0 Å². The monoisotopic (exact) mass is 166 g/mol. The SMILES string of the molecule is C=C=CC=[Si](C(C)C)C(C)C. The highest BCUT2D eigenvalue weighted by Crippen LogP contribution is 2.13. The summed E-state index contributed by atoms with van der Waals surface area (Å²) in [6, 6.07) is 0. The zero-order chi connectivity index (χ0) is 8.85. The fraction of sp³-hybridized carbons (Fsp3) is 0.600. The molecule has 62 valence electrons. The molecule has 0 radical (unpaired) electrons. The van der Waals surface area contributed by atoms with Crippen molar-refractivity contribution in [2.45, 2.75) is 38.8 Å². The molecule has 0 heterocycles. The number of rotatable bonds is 3. The van der Waals surface area contributed by atoms with E-state index in [-0.39, 0.29) is 8.41 Å². The molecule has 0 aliphatic heterocycles. The lowest BCUT2D eigenvalue weighted by Gasteiger charge is -2.12. The molecule has 0 saturated heterocycles. The van der Waals surface area contributed by atoms with Crippen LogP contribution in [0.4, 0.5) is 0 Å². The first-order chi connectivity index (χ1) is 5.09. The van der Waals surface area contributed by atoms with E-state index < -0.39 is 0 Å². The average molecular weight is 166 g/mol. The molecule has 11 heavy (non-hydrogen) atoms. The molecule has 0 aromatic carbocycles. The predicted molar refractivity (Wildman–Crippen MR) is 55.7 cm³/mol. The first-order valence-electron chi connectivity index (χ1n) is 4.15. The zero-order valence-corrected chi connectivity index (χ0v) is 9.02. The summed E-state index contributed by atoms with van der Waals surface area (Å²) >= 11 is 0. The topological polar surface area (TPSA) is 0 Å². The van der Waals surface area contributed by atoms with Crippen molar-refractivity contribution < 1.29 is 0 Å². The van der Waals surface area contributed by atoms with Crippen LogP contribution in [0.2, 0.25) is 11.1 Å². The lowest BCUT2D eigenvalue weighted by Crippen LogP contribution is -2.12. The molecule has 0 N–H and O–H groups in total. The van der Waals surface area contributed by atoms with Crippen molar-refractivity contribution in [1.82, 2.24) is 0 Å². The number of hydrogen-bond acceptors (Lipinski definition) is 0. The molecule has 1 heteroatoms. The minimum absolute atomic E-state index is 0.324. The summed E-state index contributed by atoms with van der Waals surface area (Å²) in [6.07, 6.45) is 1.97. The van der Waals surface area contributed by atoms with Crippen LogP contribution in [0.1, 0.15) is 27.7 Å². The second kappa shape index (κ2) is 5.28. The molecule has 0 bridgehead atoms. The van der Waals surface area contributed by atoms with Crippen molar-refractivity contribution in [2.75, 3.05) is 0 Å². The van der Waals surface area contributed by atoms with Gasteiger partial charge in [-0.15, -0.1) is 5.73 Å². The molecule has 0 fully saturated rings. The smallest absolute Gasteiger partial charge is 0.0159 e. The van der Waals surface area contributed by atoms with Crippen LogP contribution in [-0.2, 0) is 0 Å². The Bertz CT molecular complexity index is 171. The van der Waals surface area contributed by atoms with E-state index in [0.717, 1.165) is 11.1 Å². The molecule has 0 rings (SSSR count). The molecule has 0 aliphatic carbocycles. The van der Waals surface area contributed by atoms with Crippen LogP contribution in [0.5, 0.6) is 0 Å². The zero-order valence-electron chi connectivity index (χ0n) is 8.02. The van der Waals surface area contributed by atoms with E-state index in [4.69, 9.17) is 0 Å². The van der Waals surface area contributed by atoms with Crippen LogP contribution in [-0.4, -0.2) is 14.1 Å². The van der Waals surface area contributed by atoms with Crippen molar-refractivity contribution in [3.63, 3.8) is 0 Å². The van der Waals surface area contributed by atoms with Crippen LogP contribution in [0.3, 0.4) is 0 Å². The molecule has 0 amide bonds. The summed E-state index contributed by atoms with van der Waals surface area (Å²) < 4.78 is 0. The number of allylic oxidation sites excluding steroid dienone is 1. The quantitative estimate of drug-likeness (QED) is 0.446. The van der Waals surface area contributed by atoms with Crippen molar-refractivity contribution in [2.24, 2.45) is 0 Å². The van der Waals surface area contributed by atoms with Gasteiger partial charge in [0.15, 0.2) is 0 Å². The summed E-state index contributed by atoms with van der Waals surface area (Å²) in [7, 11) is -0.324. The standard InChI is InChI=1S/C10H18Si/c1-6-7-8-11(9(2)3)10(4)5/h7-10H,1H2,2-5H3. The van der Waals surface area contributed by atoms with E-state index in [1.54, 1.807) is 0 Å². The summed E-state index contributed by atoms with van der Waals surface area (Å²) in [4.78, 5) is 0. The van der Waals surface area contributed by atoms with E-state index in [2.05, 4.69) is 45.7 Å². The lowest BCUT2D eigenvalue weighted by molar-refractivity contribution is 0.965. The third kappa shape index (κ3) is 4.13. The molecule has 0 spiro atoms. The van der Waals surface area contributed by atoms with Crippen LogP contribution >= 0.6 is 0 Å². The highest BCUT2D eigenvalue weighted by Gasteiger charge is 2.07. The molecule has 0 aromatic heterocycles. The van der Waals surface area contributed by atoms with Crippen LogP contribution in [0.25, 0.3) is 0 Å². The van der Waals surface area contributed by atoms with Crippen molar-refractivity contribution in [1.29, 1.82) is 0 Å². The lowest BCUT2D eigenvalue weighted by atomic mass is 10.5. The third-order valence-corrected chi connectivity index (χ3v) is 4.95. The largest absolute Gasteiger partial charge is 0.129 e. The maximum absolute atomic E-state index is 3.56. The molecular formula is C10H18Si. The first kappa shape index (κ1) is 10.6. The van der Waals surface area contributed by atoms with Gasteiger partial charge in [0.1, 0.15) is 0 Å². The van der Waals surface area contributed by atoms with Gasteiger partial charge >= 0.3 is 0 Å². The maximum Gasteiger partial charge on any atom is 0.0159 e. The van der Waals surface area contributed by atoms with Gasteiger partial charge in [-0.05, 0) is 17.2 Å². The van der Waals surface area contributed by atoms with Crippen molar-refractivity contribution >= 4 is 14.1 Å². The van der Waals surface area contributed by atoms with Gasteiger partial charge in [-0.1, -0.05) is 39.9 Å². The fourth-order valence-corrected chi connectivity index (χ4v) is 3.62. The Morgan fingerprint density at radius 1 is 1.18 bits per heavy atom. The Kier molecular flexibility index (Phi) is 5.09. The Morgan fingerprint density at radius 3 is 1.91 bits per heavy atom. The molecular weight excluding hydrogens is 148 g/mol. The van der Waals surface area contributed by atoms with Crippen LogP contribution in [0, 0.1) is 0 Å². The second-order valence-corrected chi connectivity index (χ2v) is 6.99. The van der Waals surface area contributed by atoms with Gasteiger partial charge in [-0.2, -0.15) is 0 Å². The minimum Gasteiger partial charge on any atom is -0.129 e. The van der Waals surface area contributed by atoms with Gasteiger partial charge in [0.2, 0.25) is 0 Å². The number of hydrogen-bond donors (Lipinski definition) is 0. The highest BCUT2D eigenvalue weighted by atomic mass is 28.2. The van der Waals surface area contributed by atoms with Crippen molar-refractivity contribution in [3.8, 4) is 0 Å². The summed E-state index contributed by atoms with van der Waals surface area (Å²) in [6.45, 7) is 12.7.